The van der Waals surface area contributed by atoms with Crippen LogP contribution in [0.1, 0.15) is 11.6 Å². The van der Waals surface area contributed by atoms with Gasteiger partial charge in [0, 0.05) is 0 Å². The number of hydrogen-bond donors (Lipinski definition) is 1. The number of benzene rings is 1. The van der Waals surface area contributed by atoms with Gasteiger partial charge in [-0.2, -0.15) is 0 Å². The molecule has 0 saturated carbocycles. The number of alkyl halides is 4. The summed E-state index contributed by atoms with van der Waals surface area (Å²) >= 11 is 21.1. The molecule has 1 N–H and O–H groups in total. The van der Waals surface area contributed by atoms with Crippen molar-refractivity contribution in [2.75, 3.05) is 6.54 Å². The van der Waals surface area contributed by atoms with Crippen LogP contribution in [0.15, 0.2) is 35.3 Å². The zero-order valence-electron chi connectivity index (χ0n) is 8.71. The van der Waals surface area contributed by atoms with Crippen molar-refractivity contribution in [3.05, 3.63) is 35.9 Å². The molecule has 92 valence electrons. The molecule has 1 aliphatic heterocycles. The van der Waals surface area contributed by atoms with Crippen LogP contribution in [0.2, 0.25) is 0 Å². The molecule has 1 aliphatic rings. The monoisotopic (exact) mass is 354 g/mol. The maximum atomic E-state index is 5.83. The Balaban J connectivity index is 2.23. The molecule has 0 aromatic heterocycles. The van der Waals surface area contributed by atoms with E-state index in [9.17, 15) is 0 Å². The lowest BCUT2D eigenvalue weighted by atomic mass is 10.0. The number of rotatable bonds is 1. The standard InChI is InChI=1S/C11H10BrCl3N2/c12-8-6-16-10(11(13,14)15)17-9(8)7-4-2-1-3-5-7/h1-5,8-9H,6H2,(H,16,17). The van der Waals surface area contributed by atoms with E-state index < -0.39 is 3.79 Å². The molecule has 0 amide bonds. The van der Waals surface area contributed by atoms with E-state index in [-0.39, 0.29) is 10.9 Å². The zero-order chi connectivity index (χ0) is 12.5. The van der Waals surface area contributed by atoms with Crippen molar-refractivity contribution in [2.45, 2.75) is 14.7 Å². The van der Waals surface area contributed by atoms with Gasteiger partial charge in [-0.25, -0.2) is 0 Å². The highest BCUT2D eigenvalue weighted by Crippen LogP contribution is 2.33. The molecule has 1 aromatic rings. The van der Waals surface area contributed by atoms with Crippen LogP contribution in [0.4, 0.5) is 0 Å². The van der Waals surface area contributed by atoms with Crippen molar-refractivity contribution in [3.63, 3.8) is 0 Å². The molecule has 17 heavy (non-hydrogen) atoms. The van der Waals surface area contributed by atoms with E-state index in [1.807, 2.05) is 30.3 Å². The number of amidine groups is 1. The number of nitrogens with one attached hydrogen (secondary N) is 1. The Morgan fingerprint density at radius 2 is 1.88 bits per heavy atom. The van der Waals surface area contributed by atoms with Crippen LogP contribution in [-0.4, -0.2) is 21.0 Å². The van der Waals surface area contributed by atoms with Crippen LogP contribution in [-0.2, 0) is 0 Å². The van der Waals surface area contributed by atoms with E-state index in [1.54, 1.807) is 0 Å². The van der Waals surface area contributed by atoms with Gasteiger partial charge in [-0.05, 0) is 5.56 Å². The first-order chi connectivity index (χ1) is 7.98. The Hall–Kier alpha value is 0.0400. The molecule has 6 heteroatoms. The predicted molar refractivity (Wildman–Crippen MR) is 77.6 cm³/mol. The summed E-state index contributed by atoms with van der Waals surface area (Å²) < 4.78 is -1.50. The topological polar surface area (TPSA) is 24.4 Å². The summed E-state index contributed by atoms with van der Waals surface area (Å²) in [5.74, 6) is 0.395. The second-order valence-electron chi connectivity index (χ2n) is 3.74. The van der Waals surface area contributed by atoms with Crippen molar-refractivity contribution in [2.24, 2.45) is 4.99 Å². The van der Waals surface area contributed by atoms with Crippen molar-refractivity contribution in [1.82, 2.24) is 5.32 Å². The van der Waals surface area contributed by atoms with Gasteiger partial charge in [-0.1, -0.05) is 81.1 Å². The second kappa shape index (κ2) is 5.35. The average Bonchev–Trinajstić information content (AvgIpc) is 2.29. The molecule has 2 unspecified atom stereocenters. The lowest BCUT2D eigenvalue weighted by Crippen LogP contribution is -2.45. The van der Waals surface area contributed by atoms with Crippen molar-refractivity contribution in [3.8, 4) is 0 Å². The van der Waals surface area contributed by atoms with Crippen LogP contribution >= 0.6 is 50.7 Å². The number of halogens is 4. The summed E-state index contributed by atoms with van der Waals surface area (Å²) in [6, 6.07) is 10.1. The third kappa shape index (κ3) is 3.28. The molecule has 0 radical (unpaired) electrons. The van der Waals surface area contributed by atoms with Crippen LogP contribution in [0.25, 0.3) is 0 Å². The van der Waals surface area contributed by atoms with Gasteiger partial charge >= 0.3 is 0 Å². The Bertz CT molecular complexity index is 416. The molecular formula is C11H10BrCl3N2. The number of hydrogen-bond acceptors (Lipinski definition) is 2. The highest BCUT2D eigenvalue weighted by molar-refractivity contribution is 9.09. The van der Waals surface area contributed by atoms with Gasteiger partial charge in [-0.15, -0.1) is 0 Å². The van der Waals surface area contributed by atoms with Crippen LogP contribution in [0.3, 0.4) is 0 Å². The van der Waals surface area contributed by atoms with Crippen molar-refractivity contribution in [1.29, 1.82) is 0 Å². The van der Waals surface area contributed by atoms with Gasteiger partial charge in [0.15, 0.2) is 0 Å². The van der Waals surface area contributed by atoms with Gasteiger partial charge in [-0.3, -0.25) is 4.99 Å². The molecular weight excluding hydrogens is 346 g/mol. The van der Waals surface area contributed by atoms with E-state index >= 15 is 0 Å². The molecule has 0 aliphatic carbocycles. The largest absolute Gasteiger partial charge is 0.362 e. The lowest BCUT2D eigenvalue weighted by Gasteiger charge is -2.31. The normalized spacial score (nSPS) is 25.1. The number of nitrogens with zero attached hydrogens (tertiary/aromatic N) is 1. The first-order valence-corrected chi connectivity index (χ1v) is 7.10. The Labute approximate surface area is 123 Å². The van der Waals surface area contributed by atoms with E-state index in [1.165, 1.54) is 0 Å². The highest BCUT2D eigenvalue weighted by atomic mass is 79.9. The molecule has 1 aromatic carbocycles. The number of aliphatic imine (C=N–C) groups is 1. The summed E-state index contributed by atoms with van der Waals surface area (Å²) in [6.45, 7) is 0.579. The minimum atomic E-state index is -1.50. The predicted octanol–water partition coefficient (Wildman–Crippen LogP) is 3.86. The van der Waals surface area contributed by atoms with Gasteiger partial charge in [0.05, 0.1) is 17.4 Å². The summed E-state index contributed by atoms with van der Waals surface area (Å²) in [5.41, 5.74) is 1.14. The Morgan fingerprint density at radius 1 is 1.24 bits per heavy atom. The van der Waals surface area contributed by atoms with Gasteiger partial charge < -0.3 is 5.32 Å². The molecule has 1 heterocycles. The maximum Gasteiger partial charge on any atom is 0.247 e. The third-order valence-corrected chi connectivity index (χ3v) is 3.86. The summed E-state index contributed by atoms with van der Waals surface area (Å²) in [4.78, 5) is 4.40. The van der Waals surface area contributed by atoms with Crippen molar-refractivity contribution < 1.29 is 0 Å². The average molecular weight is 356 g/mol. The summed E-state index contributed by atoms with van der Waals surface area (Å²) in [7, 11) is 0. The molecule has 0 saturated heterocycles. The van der Waals surface area contributed by atoms with Crippen molar-refractivity contribution >= 4 is 56.6 Å². The van der Waals surface area contributed by atoms with Gasteiger partial charge in [0.25, 0.3) is 0 Å². The quantitative estimate of drug-likeness (QED) is 0.759. The van der Waals surface area contributed by atoms with E-state index in [0.29, 0.717) is 12.4 Å². The second-order valence-corrected chi connectivity index (χ2v) is 7.19. The third-order valence-electron chi connectivity index (χ3n) is 2.50. The Morgan fingerprint density at radius 3 is 2.47 bits per heavy atom. The SMILES string of the molecule is ClC(Cl)(Cl)C1=NCC(Br)C(c2ccccc2)N1. The van der Waals surface area contributed by atoms with E-state index in [2.05, 4.69) is 26.2 Å². The molecule has 2 nitrogen and oxygen atoms in total. The van der Waals surface area contributed by atoms with Crippen LogP contribution in [0.5, 0.6) is 0 Å². The molecule has 2 rings (SSSR count). The lowest BCUT2D eigenvalue weighted by molar-refractivity contribution is 0.589. The molecule has 0 fully saturated rings. The smallest absolute Gasteiger partial charge is 0.247 e. The van der Waals surface area contributed by atoms with E-state index in [0.717, 1.165) is 5.56 Å². The minimum Gasteiger partial charge on any atom is -0.362 e. The van der Waals surface area contributed by atoms with Gasteiger partial charge in [0.1, 0.15) is 5.84 Å². The van der Waals surface area contributed by atoms with Crippen LogP contribution in [0, 0.1) is 0 Å². The minimum absolute atomic E-state index is 0.0549. The fourth-order valence-electron chi connectivity index (χ4n) is 1.69. The summed E-state index contributed by atoms with van der Waals surface area (Å²) in [5, 5.41) is 3.17. The molecule has 0 spiro atoms. The van der Waals surface area contributed by atoms with Crippen LogP contribution < -0.4 is 5.32 Å². The summed E-state index contributed by atoms with van der Waals surface area (Å²) in [6.07, 6.45) is 0. The highest BCUT2D eigenvalue weighted by Gasteiger charge is 2.35. The fraction of sp³-hybridized carbons (Fsp3) is 0.364. The van der Waals surface area contributed by atoms with Gasteiger partial charge in [0.2, 0.25) is 3.79 Å². The first kappa shape index (κ1) is 13.5. The zero-order valence-corrected chi connectivity index (χ0v) is 12.6. The fourth-order valence-corrected chi connectivity index (χ4v) is 2.62. The Kier molecular flexibility index (Phi) is 4.24. The first-order valence-electron chi connectivity index (χ1n) is 5.05. The van der Waals surface area contributed by atoms with E-state index in [4.69, 9.17) is 34.8 Å². The molecule has 2 atom stereocenters. The maximum absolute atomic E-state index is 5.83. The molecule has 0 bridgehead atoms.